The van der Waals surface area contributed by atoms with Crippen LogP contribution in [-0.4, -0.2) is 39.5 Å². The minimum atomic E-state index is -0.731. The number of carbonyl (C=O) groups excluding carboxylic acids is 1. The molecule has 8 nitrogen and oxygen atoms in total. The summed E-state index contributed by atoms with van der Waals surface area (Å²) in [6.45, 7) is 2.19. The molecule has 0 saturated carbocycles. The first-order chi connectivity index (χ1) is 19.4. The molecule has 2 aromatic heterocycles. The van der Waals surface area contributed by atoms with Gasteiger partial charge in [-0.25, -0.2) is 23.7 Å². The zero-order valence-electron chi connectivity index (χ0n) is 22.0. The molecule has 0 amide bonds. The van der Waals surface area contributed by atoms with Crippen LogP contribution in [0.2, 0.25) is 5.02 Å². The van der Waals surface area contributed by atoms with Crippen molar-refractivity contribution in [3.8, 4) is 11.3 Å². The molecule has 1 aliphatic rings. The van der Waals surface area contributed by atoms with Crippen LogP contribution in [0.1, 0.15) is 59.9 Å². The number of halogens is 3. The number of nitrogens with zero attached hydrogens (tertiary/aromatic N) is 4. The molecule has 0 fully saturated rings. The van der Waals surface area contributed by atoms with Crippen LogP contribution in [0.3, 0.4) is 0 Å². The lowest BCUT2D eigenvalue weighted by Gasteiger charge is -2.13. The van der Waals surface area contributed by atoms with Crippen molar-refractivity contribution in [2.45, 2.75) is 45.2 Å². The maximum Gasteiger partial charge on any atom is 0.302 e. The highest BCUT2D eigenvalue weighted by Gasteiger charge is 2.25. The monoisotopic (exact) mass is 564 g/mol. The predicted octanol–water partition coefficient (Wildman–Crippen LogP) is 6.51. The fourth-order valence-corrected chi connectivity index (χ4v) is 4.84. The predicted molar refractivity (Wildman–Crippen MR) is 149 cm³/mol. The average Bonchev–Trinajstić information content (AvgIpc) is 3.35. The Balaban J connectivity index is 1.40. The van der Waals surface area contributed by atoms with Gasteiger partial charge in [0.1, 0.15) is 11.6 Å². The van der Waals surface area contributed by atoms with E-state index in [2.05, 4.69) is 37.5 Å². The number of aromatic nitrogens is 3. The first-order valence-electron chi connectivity index (χ1n) is 13.0. The van der Waals surface area contributed by atoms with E-state index in [1.54, 1.807) is 24.4 Å². The largest absolute Gasteiger partial charge is 0.420 e. The lowest BCUT2D eigenvalue weighted by Crippen LogP contribution is -2.24. The first-order valence-corrected chi connectivity index (χ1v) is 13.3. The lowest BCUT2D eigenvalue weighted by molar-refractivity contribution is 0.0952. The molecule has 0 radical (unpaired) electrons. The van der Waals surface area contributed by atoms with E-state index in [1.807, 2.05) is 7.05 Å². The quantitative estimate of drug-likeness (QED) is 0.212. The maximum atomic E-state index is 14.8. The van der Waals surface area contributed by atoms with Crippen LogP contribution in [-0.2, 0) is 6.54 Å². The highest BCUT2D eigenvalue weighted by Crippen LogP contribution is 2.34. The van der Waals surface area contributed by atoms with Crippen LogP contribution < -0.4 is 10.6 Å². The summed E-state index contributed by atoms with van der Waals surface area (Å²) in [6.07, 6.45) is 5.93. The van der Waals surface area contributed by atoms with Gasteiger partial charge in [0.05, 0.1) is 29.7 Å². The van der Waals surface area contributed by atoms with Gasteiger partial charge >= 0.3 is 6.01 Å². The minimum Gasteiger partial charge on any atom is -0.420 e. The smallest absolute Gasteiger partial charge is 0.302 e. The van der Waals surface area contributed by atoms with E-state index in [1.165, 1.54) is 24.4 Å². The molecule has 2 aromatic carbocycles. The SMILES string of the molecule is CCC(CCCC(=O)c1cnc(Nc2ncc3c(n2)-c2ccc(Cl)cc2C(c2c(F)cccc2F)=NC3)o1)NC. The highest BCUT2D eigenvalue weighted by molar-refractivity contribution is 6.31. The molecule has 5 rings (SSSR count). The molecular weight excluding hydrogens is 538 g/mol. The summed E-state index contributed by atoms with van der Waals surface area (Å²) in [5.74, 6) is -1.28. The number of oxazole rings is 1. The average molecular weight is 565 g/mol. The van der Waals surface area contributed by atoms with E-state index >= 15 is 0 Å². The topological polar surface area (TPSA) is 105 Å². The summed E-state index contributed by atoms with van der Waals surface area (Å²) in [5.41, 5.74) is 2.08. The van der Waals surface area contributed by atoms with Crippen molar-refractivity contribution in [2.24, 2.45) is 4.99 Å². The van der Waals surface area contributed by atoms with E-state index in [0.29, 0.717) is 39.9 Å². The van der Waals surface area contributed by atoms with E-state index in [9.17, 15) is 13.6 Å². The lowest BCUT2D eigenvalue weighted by atomic mass is 9.95. The van der Waals surface area contributed by atoms with Crippen LogP contribution in [0.4, 0.5) is 20.7 Å². The molecular formula is C29H27ClF2N6O2. The van der Waals surface area contributed by atoms with Crippen LogP contribution in [0.15, 0.2) is 58.2 Å². The van der Waals surface area contributed by atoms with Crippen LogP contribution >= 0.6 is 11.6 Å². The van der Waals surface area contributed by atoms with Crippen molar-refractivity contribution < 1.29 is 18.0 Å². The fourth-order valence-electron chi connectivity index (χ4n) is 4.66. The number of ketones is 1. The van der Waals surface area contributed by atoms with Gasteiger partial charge in [-0.1, -0.05) is 30.7 Å². The van der Waals surface area contributed by atoms with Crippen molar-refractivity contribution in [3.63, 3.8) is 0 Å². The van der Waals surface area contributed by atoms with Crippen LogP contribution in [0.25, 0.3) is 11.3 Å². The van der Waals surface area contributed by atoms with Crippen LogP contribution in [0.5, 0.6) is 0 Å². The Morgan fingerprint density at radius 2 is 1.93 bits per heavy atom. The number of fused-ring (bicyclic) bond motifs is 3. The summed E-state index contributed by atoms with van der Waals surface area (Å²) in [4.78, 5) is 30.2. The second kappa shape index (κ2) is 12.0. The zero-order chi connectivity index (χ0) is 28.2. The van der Waals surface area contributed by atoms with Gasteiger partial charge in [-0.2, -0.15) is 0 Å². The number of nitrogens with one attached hydrogen (secondary N) is 2. The summed E-state index contributed by atoms with van der Waals surface area (Å²) in [7, 11) is 1.91. The first kappa shape index (κ1) is 27.5. The number of Topliss-reactive ketones (excluding diaryl/α,β-unsaturated/α-hetero) is 1. The molecule has 3 heterocycles. The Morgan fingerprint density at radius 3 is 2.67 bits per heavy atom. The number of carbonyl (C=O) groups is 1. The van der Waals surface area contributed by atoms with Gasteiger partial charge in [-0.15, -0.1) is 0 Å². The highest BCUT2D eigenvalue weighted by atomic mass is 35.5. The Morgan fingerprint density at radius 1 is 1.12 bits per heavy atom. The van der Waals surface area contributed by atoms with Gasteiger partial charge in [-0.3, -0.25) is 15.1 Å². The van der Waals surface area contributed by atoms with Crippen molar-refractivity contribution in [1.29, 1.82) is 0 Å². The van der Waals surface area contributed by atoms with E-state index < -0.39 is 11.6 Å². The van der Waals surface area contributed by atoms with E-state index in [-0.39, 0.29) is 41.3 Å². The minimum absolute atomic E-state index is 0.0697. The van der Waals surface area contributed by atoms with Gasteiger partial charge in [0.2, 0.25) is 5.95 Å². The third-order valence-corrected chi connectivity index (χ3v) is 7.06. The molecule has 2 N–H and O–H groups in total. The number of rotatable bonds is 10. The molecule has 1 aliphatic heterocycles. The van der Waals surface area contributed by atoms with Crippen molar-refractivity contribution in [1.82, 2.24) is 20.3 Å². The third kappa shape index (κ3) is 5.78. The van der Waals surface area contributed by atoms with Gasteiger partial charge in [0.15, 0.2) is 11.5 Å². The van der Waals surface area contributed by atoms with Gasteiger partial charge in [-0.05, 0) is 50.6 Å². The second-order valence-electron chi connectivity index (χ2n) is 9.38. The summed E-state index contributed by atoms with van der Waals surface area (Å²) in [6, 6.07) is 9.12. The van der Waals surface area contributed by atoms with Gasteiger partial charge in [0, 0.05) is 40.4 Å². The Labute approximate surface area is 234 Å². The Kier molecular flexibility index (Phi) is 8.27. The standard InChI is InChI=1S/C29H27ClF2N6O2/c1-3-18(33-2)6-4-9-23(39)24-15-36-29(40-24)38-28-35-14-16-13-34-27(25-21(31)7-5-8-22(25)32)20-12-17(30)10-11-19(20)26(16)37-28/h5,7-8,10-12,14-15,18,33H,3-4,6,9,13H2,1-2H3,(H,35,36,37,38). The Hall–Kier alpha value is -4.02. The molecule has 1 unspecified atom stereocenters. The van der Waals surface area contributed by atoms with E-state index in [0.717, 1.165) is 19.3 Å². The van der Waals surface area contributed by atoms with E-state index in [4.69, 9.17) is 16.0 Å². The molecule has 0 bridgehead atoms. The second-order valence-corrected chi connectivity index (χ2v) is 9.82. The molecule has 0 spiro atoms. The third-order valence-electron chi connectivity index (χ3n) is 6.82. The number of anilines is 2. The summed E-state index contributed by atoms with van der Waals surface area (Å²) >= 11 is 6.28. The number of aliphatic imine (C=N–C) groups is 1. The van der Waals surface area contributed by atoms with Crippen molar-refractivity contribution in [3.05, 3.63) is 87.9 Å². The molecule has 11 heteroatoms. The number of hydrogen-bond donors (Lipinski definition) is 2. The molecule has 0 aliphatic carbocycles. The fraction of sp³-hybridized carbons (Fsp3) is 0.276. The Bertz CT molecular complexity index is 1560. The van der Waals surface area contributed by atoms with Gasteiger partial charge in [0.25, 0.3) is 0 Å². The van der Waals surface area contributed by atoms with Crippen LogP contribution in [0, 0.1) is 11.6 Å². The number of hydrogen-bond acceptors (Lipinski definition) is 8. The van der Waals surface area contributed by atoms with Gasteiger partial charge < -0.3 is 9.73 Å². The molecule has 4 aromatic rings. The normalized spacial score (nSPS) is 13.2. The zero-order valence-corrected chi connectivity index (χ0v) is 22.7. The van der Waals surface area contributed by atoms with Crippen molar-refractivity contribution >= 4 is 35.1 Å². The molecule has 40 heavy (non-hydrogen) atoms. The van der Waals surface area contributed by atoms with Crippen molar-refractivity contribution in [2.75, 3.05) is 12.4 Å². The number of benzene rings is 2. The summed E-state index contributed by atoms with van der Waals surface area (Å²) < 4.78 is 35.1. The maximum absolute atomic E-state index is 14.8. The summed E-state index contributed by atoms with van der Waals surface area (Å²) in [5, 5.41) is 6.51. The molecule has 1 atom stereocenters. The molecule has 206 valence electrons. The molecule has 0 saturated heterocycles.